The van der Waals surface area contributed by atoms with Crippen LogP contribution in [0.1, 0.15) is 26.3 Å². The van der Waals surface area contributed by atoms with Gasteiger partial charge in [-0.15, -0.1) is 0 Å². The zero-order valence-electron chi connectivity index (χ0n) is 8.82. The number of hydrazone groups is 1. The van der Waals surface area contributed by atoms with Gasteiger partial charge in [0.1, 0.15) is 11.4 Å². The molecule has 0 atom stereocenters. The lowest BCUT2D eigenvalue weighted by Gasteiger charge is -2.21. The second kappa shape index (κ2) is 4.13. The number of benzene rings is 1. The lowest BCUT2D eigenvalue weighted by molar-refractivity contribution is 0.131. The van der Waals surface area contributed by atoms with Gasteiger partial charge in [0.2, 0.25) is 0 Å². The van der Waals surface area contributed by atoms with E-state index in [1.807, 2.05) is 45.0 Å². The summed E-state index contributed by atoms with van der Waals surface area (Å²) < 4.78 is 5.66. The van der Waals surface area contributed by atoms with E-state index in [9.17, 15) is 0 Å². The monoisotopic (exact) mass is 192 g/mol. The molecule has 0 heterocycles. The van der Waals surface area contributed by atoms with Crippen molar-refractivity contribution in [2.24, 2.45) is 10.9 Å². The summed E-state index contributed by atoms with van der Waals surface area (Å²) in [5.74, 6) is 5.89. The molecule has 1 aromatic rings. The fourth-order valence-corrected chi connectivity index (χ4v) is 1.06. The van der Waals surface area contributed by atoms with Crippen LogP contribution in [0.4, 0.5) is 0 Å². The van der Waals surface area contributed by atoms with E-state index >= 15 is 0 Å². The fourth-order valence-electron chi connectivity index (χ4n) is 1.06. The van der Waals surface area contributed by atoms with Crippen molar-refractivity contribution in [1.82, 2.24) is 0 Å². The van der Waals surface area contributed by atoms with Gasteiger partial charge in [-0.3, -0.25) is 0 Å². The first kappa shape index (κ1) is 10.6. The minimum atomic E-state index is -0.163. The van der Waals surface area contributed by atoms with E-state index in [4.69, 9.17) is 10.6 Å². The molecule has 76 valence electrons. The Morgan fingerprint density at radius 1 is 1.21 bits per heavy atom. The Hall–Kier alpha value is -1.51. The molecule has 0 aliphatic rings. The molecule has 2 N–H and O–H groups in total. The molecular weight excluding hydrogens is 176 g/mol. The Morgan fingerprint density at radius 3 is 2.21 bits per heavy atom. The average molecular weight is 192 g/mol. The van der Waals surface area contributed by atoms with Crippen molar-refractivity contribution in [2.75, 3.05) is 0 Å². The van der Waals surface area contributed by atoms with E-state index in [0.29, 0.717) is 0 Å². The van der Waals surface area contributed by atoms with Crippen LogP contribution in [0.15, 0.2) is 29.4 Å². The quantitative estimate of drug-likeness (QED) is 0.443. The van der Waals surface area contributed by atoms with Gasteiger partial charge < -0.3 is 10.6 Å². The molecule has 0 radical (unpaired) electrons. The van der Waals surface area contributed by atoms with Crippen molar-refractivity contribution in [3.8, 4) is 5.75 Å². The maximum absolute atomic E-state index is 5.66. The summed E-state index contributed by atoms with van der Waals surface area (Å²) in [6.07, 6.45) is 1.60. The first-order chi connectivity index (χ1) is 6.51. The predicted molar refractivity (Wildman–Crippen MR) is 58.6 cm³/mol. The smallest absolute Gasteiger partial charge is 0.120 e. The van der Waals surface area contributed by atoms with Crippen LogP contribution in [0.2, 0.25) is 0 Å². The van der Waals surface area contributed by atoms with E-state index in [2.05, 4.69) is 5.10 Å². The van der Waals surface area contributed by atoms with Crippen molar-refractivity contribution in [1.29, 1.82) is 0 Å². The molecule has 3 nitrogen and oxygen atoms in total. The highest BCUT2D eigenvalue weighted by Crippen LogP contribution is 2.17. The molecule has 0 unspecified atom stereocenters. The van der Waals surface area contributed by atoms with Gasteiger partial charge in [-0.2, -0.15) is 5.10 Å². The number of nitrogens with two attached hydrogens (primary N) is 1. The molecule has 0 aromatic heterocycles. The second-order valence-corrected chi connectivity index (χ2v) is 4.06. The van der Waals surface area contributed by atoms with Crippen LogP contribution in [-0.4, -0.2) is 11.8 Å². The molecule has 0 spiro atoms. The van der Waals surface area contributed by atoms with Crippen LogP contribution >= 0.6 is 0 Å². The van der Waals surface area contributed by atoms with E-state index in [1.54, 1.807) is 6.21 Å². The van der Waals surface area contributed by atoms with Gasteiger partial charge in [-0.1, -0.05) is 0 Å². The number of ether oxygens (including phenoxy) is 1. The Morgan fingerprint density at radius 2 is 1.79 bits per heavy atom. The lowest BCUT2D eigenvalue weighted by atomic mass is 10.2. The largest absolute Gasteiger partial charge is 0.488 e. The van der Waals surface area contributed by atoms with Gasteiger partial charge in [0, 0.05) is 0 Å². The first-order valence-electron chi connectivity index (χ1n) is 4.53. The van der Waals surface area contributed by atoms with Gasteiger partial charge in [0.15, 0.2) is 0 Å². The lowest BCUT2D eigenvalue weighted by Crippen LogP contribution is -2.22. The molecule has 0 bridgehead atoms. The SMILES string of the molecule is CC(C)(C)Oc1ccc(C=NN)cc1. The van der Waals surface area contributed by atoms with Gasteiger partial charge >= 0.3 is 0 Å². The number of rotatable bonds is 2. The molecule has 0 aliphatic carbocycles. The normalized spacial score (nSPS) is 11.9. The van der Waals surface area contributed by atoms with Gasteiger partial charge in [0.05, 0.1) is 6.21 Å². The molecule has 1 rings (SSSR count). The topological polar surface area (TPSA) is 47.6 Å². The Labute approximate surface area is 84.6 Å². The molecule has 0 fully saturated rings. The molecule has 3 heteroatoms. The third kappa shape index (κ3) is 3.47. The second-order valence-electron chi connectivity index (χ2n) is 4.06. The summed E-state index contributed by atoms with van der Waals surface area (Å²) in [5.41, 5.74) is 0.803. The summed E-state index contributed by atoms with van der Waals surface area (Å²) >= 11 is 0. The molecule has 14 heavy (non-hydrogen) atoms. The first-order valence-corrected chi connectivity index (χ1v) is 4.53. The number of hydrogen-bond acceptors (Lipinski definition) is 3. The van der Waals surface area contributed by atoms with Crippen molar-refractivity contribution in [3.05, 3.63) is 29.8 Å². The van der Waals surface area contributed by atoms with Crippen LogP contribution < -0.4 is 10.6 Å². The van der Waals surface area contributed by atoms with Crippen LogP contribution in [-0.2, 0) is 0 Å². The van der Waals surface area contributed by atoms with Gasteiger partial charge in [-0.05, 0) is 50.6 Å². The predicted octanol–water partition coefficient (Wildman–Crippen LogP) is 2.16. The van der Waals surface area contributed by atoms with E-state index in [0.717, 1.165) is 11.3 Å². The molecular formula is C11H16N2O. The Bertz CT molecular complexity index is 309. The maximum atomic E-state index is 5.66. The molecule has 0 aliphatic heterocycles. The van der Waals surface area contributed by atoms with Crippen LogP contribution in [0, 0.1) is 0 Å². The zero-order chi connectivity index (χ0) is 10.6. The zero-order valence-corrected chi connectivity index (χ0v) is 8.82. The summed E-state index contributed by atoms with van der Waals surface area (Å²) in [6, 6.07) is 7.64. The molecule has 0 saturated carbocycles. The van der Waals surface area contributed by atoms with Crippen molar-refractivity contribution >= 4 is 6.21 Å². The number of nitrogens with zero attached hydrogens (tertiary/aromatic N) is 1. The van der Waals surface area contributed by atoms with Crippen LogP contribution in [0.25, 0.3) is 0 Å². The maximum Gasteiger partial charge on any atom is 0.120 e. The summed E-state index contributed by atoms with van der Waals surface area (Å²) in [5, 5.41) is 3.44. The minimum absolute atomic E-state index is 0.163. The summed E-state index contributed by atoms with van der Waals surface area (Å²) in [4.78, 5) is 0. The highest BCUT2D eigenvalue weighted by molar-refractivity contribution is 5.79. The number of hydrogen-bond donors (Lipinski definition) is 1. The third-order valence-corrected chi connectivity index (χ3v) is 1.53. The summed E-state index contributed by atoms with van der Waals surface area (Å²) in [6.45, 7) is 6.05. The molecule has 0 saturated heterocycles. The van der Waals surface area contributed by atoms with Crippen molar-refractivity contribution in [2.45, 2.75) is 26.4 Å². The Balaban J connectivity index is 2.74. The standard InChI is InChI=1S/C11H16N2O/c1-11(2,3)14-10-6-4-9(5-7-10)8-13-12/h4-8H,12H2,1-3H3. The van der Waals surface area contributed by atoms with E-state index in [-0.39, 0.29) is 5.60 Å². The van der Waals surface area contributed by atoms with Crippen molar-refractivity contribution in [3.63, 3.8) is 0 Å². The van der Waals surface area contributed by atoms with Crippen LogP contribution in [0.3, 0.4) is 0 Å². The van der Waals surface area contributed by atoms with Crippen LogP contribution in [0.5, 0.6) is 5.75 Å². The van der Waals surface area contributed by atoms with Gasteiger partial charge in [0.25, 0.3) is 0 Å². The highest BCUT2D eigenvalue weighted by atomic mass is 16.5. The van der Waals surface area contributed by atoms with Crippen molar-refractivity contribution < 1.29 is 4.74 Å². The van der Waals surface area contributed by atoms with E-state index in [1.165, 1.54) is 0 Å². The van der Waals surface area contributed by atoms with E-state index < -0.39 is 0 Å². The minimum Gasteiger partial charge on any atom is -0.488 e. The Kier molecular flexibility index (Phi) is 3.12. The third-order valence-electron chi connectivity index (χ3n) is 1.53. The van der Waals surface area contributed by atoms with Gasteiger partial charge in [-0.25, -0.2) is 0 Å². The molecule has 0 amide bonds. The molecule has 1 aromatic carbocycles. The fraction of sp³-hybridized carbons (Fsp3) is 0.364. The summed E-state index contributed by atoms with van der Waals surface area (Å²) in [7, 11) is 0. The highest BCUT2D eigenvalue weighted by Gasteiger charge is 2.10. The average Bonchev–Trinajstić information content (AvgIpc) is 2.06.